The van der Waals surface area contributed by atoms with Gasteiger partial charge in [-0.1, -0.05) is 18.2 Å². The maximum absolute atomic E-state index is 12.3. The first-order chi connectivity index (χ1) is 8.03. The number of amides is 1. The van der Waals surface area contributed by atoms with Crippen LogP contribution in [0.15, 0.2) is 30.3 Å². The van der Waals surface area contributed by atoms with Crippen LogP contribution in [0.3, 0.4) is 0 Å². The van der Waals surface area contributed by atoms with Gasteiger partial charge in [0.15, 0.2) is 0 Å². The first-order valence-electron chi connectivity index (χ1n) is 5.82. The number of piperazine rings is 1. The normalized spacial score (nSPS) is 23.5. The maximum Gasteiger partial charge on any atom is 0.254 e. The van der Waals surface area contributed by atoms with Crippen molar-refractivity contribution in [2.75, 3.05) is 13.1 Å². The van der Waals surface area contributed by atoms with E-state index in [1.54, 1.807) is 17.0 Å². The standard InChI is InChI=1S/C13H18N2O2/c1-13(2)12(17)14-8-9-15(13)11(16)10-6-4-3-5-7-10/h3-7,12,14,17H,8-9H2,1-2H3. The Morgan fingerprint density at radius 1 is 1.41 bits per heavy atom. The highest BCUT2D eigenvalue weighted by Gasteiger charge is 2.40. The van der Waals surface area contributed by atoms with Crippen molar-refractivity contribution in [1.82, 2.24) is 10.2 Å². The average Bonchev–Trinajstić information content (AvgIpc) is 2.33. The predicted molar refractivity (Wildman–Crippen MR) is 65.6 cm³/mol. The number of hydrogen-bond acceptors (Lipinski definition) is 3. The van der Waals surface area contributed by atoms with Crippen molar-refractivity contribution in [1.29, 1.82) is 0 Å². The Morgan fingerprint density at radius 2 is 2.06 bits per heavy atom. The van der Waals surface area contributed by atoms with Crippen LogP contribution in [0.1, 0.15) is 24.2 Å². The van der Waals surface area contributed by atoms with Crippen LogP contribution < -0.4 is 5.32 Å². The summed E-state index contributed by atoms with van der Waals surface area (Å²) in [6, 6.07) is 9.17. The third-order valence-electron chi connectivity index (χ3n) is 3.30. The SMILES string of the molecule is CC1(C)C(O)NCCN1C(=O)c1ccccc1. The third-order valence-corrected chi connectivity index (χ3v) is 3.30. The summed E-state index contributed by atoms with van der Waals surface area (Å²) in [4.78, 5) is 14.1. The molecule has 1 aromatic carbocycles. The lowest BCUT2D eigenvalue weighted by Crippen LogP contribution is -2.65. The van der Waals surface area contributed by atoms with E-state index in [2.05, 4.69) is 5.32 Å². The molecule has 1 amide bonds. The molecular formula is C13H18N2O2. The molecule has 1 heterocycles. The monoisotopic (exact) mass is 234 g/mol. The first-order valence-corrected chi connectivity index (χ1v) is 5.82. The van der Waals surface area contributed by atoms with Crippen LogP contribution in [0.4, 0.5) is 0 Å². The second kappa shape index (κ2) is 4.47. The minimum absolute atomic E-state index is 0.0313. The maximum atomic E-state index is 12.3. The third kappa shape index (κ3) is 2.18. The van der Waals surface area contributed by atoms with Crippen LogP contribution in [-0.4, -0.2) is 40.8 Å². The van der Waals surface area contributed by atoms with Crippen molar-refractivity contribution >= 4 is 5.91 Å². The predicted octanol–water partition coefficient (Wildman–Crippen LogP) is 0.829. The molecule has 17 heavy (non-hydrogen) atoms. The van der Waals surface area contributed by atoms with E-state index in [1.807, 2.05) is 32.0 Å². The number of aliphatic hydroxyl groups is 1. The molecule has 0 aromatic heterocycles. The number of carbonyl (C=O) groups excluding carboxylic acids is 1. The van der Waals surface area contributed by atoms with Crippen LogP contribution in [0.25, 0.3) is 0 Å². The van der Waals surface area contributed by atoms with E-state index in [-0.39, 0.29) is 5.91 Å². The molecule has 1 atom stereocenters. The molecule has 1 aromatic rings. The van der Waals surface area contributed by atoms with E-state index >= 15 is 0 Å². The number of benzene rings is 1. The lowest BCUT2D eigenvalue weighted by Gasteiger charge is -2.46. The topological polar surface area (TPSA) is 52.6 Å². The number of nitrogens with zero attached hydrogens (tertiary/aromatic N) is 1. The van der Waals surface area contributed by atoms with Crippen LogP contribution in [0.2, 0.25) is 0 Å². The van der Waals surface area contributed by atoms with Gasteiger partial charge in [0.2, 0.25) is 0 Å². The van der Waals surface area contributed by atoms with Crippen molar-refractivity contribution in [2.24, 2.45) is 0 Å². The van der Waals surface area contributed by atoms with Crippen molar-refractivity contribution < 1.29 is 9.90 Å². The molecule has 4 nitrogen and oxygen atoms in total. The molecule has 0 aliphatic carbocycles. The second-order valence-corrected chi connectivity index (χ2v) is 4.83. The molecule has 2 N–H and O–H groups in total. The largest absolute Gasteiger partial charge is 0.376 e. The summed E-state index contributed by atoms with van der Waals surface area (Å²) in [6.45, 7) is 4.95. The van der Waals surface area contributed by atoms with E-state index in [0.717, 1.165) is 0 Å². The molecule has 0 bridgehead atoms. The van der Waals surface area contributed by atoms with E-state index in [9.17, 15) is 9.90 Å². The highest BCUT2D eigenvalue weighted by molar-refractivity contribution is 5.94. The van der Waals surface area contributed by atoms with Gasteiger partial charge in [-0.2, -0.15) is 0 Å². The van der Waals surface area contributed by atoms with Gasteiger partial charge in [0.25, 0.3) is 5.91 Å². The molecule has 2 rings (SSSR count). The van der Waals surface area contributed by atoms with E-state index in [1.165, 1.54) is 0 Å². The number of hydrogen-bond donors (Lipinski definition) is 2. The van der Waals surface area contributed by atoms with Crippen molar-refractivity contribution in [3.8, 4) is 0 Å². The van der Waals surface area contributed by atoms with E-state index < -0.39 is 11.8 Å². The summed E-state index contributed by atoms with van der Waals surface area (Å²) in [5.74, 6) is -0.0313. The molecule has 4 heteroatoms. The van der Waals surface area contributed by atoms with Gasteiger partial charge in [0, 0.05) is 18.7 Å². The van der Waals surface area contributed by atoms with Crippen molar-refractivity contribution in [2.45, 2.75) is 25.6 Å². The highest BCUT2D eigenvalue weighted by Crippen LogP contribution is 2.23. The number of carbonyl (C=O) groups is 1. The van der Waals surface area contributed by atoms with Crippen LogP contribution >= 0.6 is 0 Å². The van der Waals surface area contributed by atoms with Crippen molar-refractivity contribution in [3.63, 3.8) is 0 Å². The summed E-state index contributed by atoms with van der Waals surface area (Å²) in [5.41, 5.74) is 0.0696. The number of rotatable bonds is 1. The van der Waals surface area contributed by atoms with Gasteiger partial charge in [-0.05, 0) is 26.0 Å². The Kier molecular flexibility index (Phi) is 3.17. The molecule has 0 saturated carbocycles. The summed E-state index contributed by atoms with van der Waals surface area (Å²) < 4.78 is 0. The molecule has 1 fully saturated rings. The molecule has 1 aliphatic heterocycles. The number of nitrogens with one attached hydrogen (secondary N) is 1. The fraction of sp³-hybridized carbons (Fsp3) is 0.462. The molecule has 1 aliphatic rings. The highest BCUT2D eigenvalue weighted by atomic mass is 16.3. The summed E-state index contributed by atoms with van der Waals surface area (Å²) in [6.07, 6.45) is -0.691. The molecule has 1 saturated heterocycles. The summed E-state index contributed by atoms with van der Waals surface area (Å²) in [5, 5.41) is 12.9. The molecule has 1 unspecified atom stereocenters. The van der Waals surface area contributed by atoms with Crippen LogP contribution in [-0.2, 0) is 0 Å². The quantitative estimate of drug-likeness (QED) is 0.756. The fourth-order valence-corrected chi connectivity index (χ4v) is 2.10. The van der Waals surface area contributed by atoms with Gasteiger partial charge >= 0.3 is 0 Å². The minimum atomic E-state index is -0.691. The molecular weight excluding hydrogens is 216 g/mol. The van der Waals surface area contributed by atoms with Gasteiger partial charge in [0.1, 0.15) is 6.23 Å². The van der Waals surface area contributed by atoms with Crippen molar-refractivity contribution in [3.05, 3.63) is 35.9 Å². The van der Waals surface area contributed by atoms with Crippen LogP contribution in [0.5, 0.6) is 0 Å². The summed E-state index contributed by atoms with van der Waals surface area (Å²) >= 11 is 0. The lowest BCUT2D eigenvalue weighted by atomic mass is 9.96. The smallest absolute Gasteiger partial charge is 0.254 e. The Hall–Kier alpha value is -1.39. The van der Waals surface area contributed by atoms with Gasteiger partial charge in [0.05, 0.1) is 5.54 Å². The first kappa shape index (κ1) is 12.1. The van der Waals surface area contributed by atoms with Gasteiger partial charge < -0.3 is 10.0 Å². The zero-order valence-electron chi connectivity index (χ0n) is 10.2. The summed E-state index contributed by atoms with van der Waals surface area (Å²) in [7, 11) is 0. The van der Waals surface area contributed by atoms with Crippen LogP contribution in [0, 0.1) is 0 Å². The Labute approximate surface area is 101 Å². The Morgan fingerprint density at radius 3 is 2.71 bits per heavy atom. The zero-order chi connectivity index (χ0) is 12.5. The minimum Gasteiger partial charge on any atom is -0.376 e. The Bertz CT molecular complexity index is 403. The Balaban J connectivity index is 2.25. The zero-order valence-corrected chi connectivity index (χ0v) is 10.2. The fourth-order valence-electron chi connectivity index (χ4n) is 2.10. The molecule has 92 valence electrons. The molecule has 0 radical (unpaired) electrons. The van der Waals surface area contributed by atoms with E-state index in [0.29, 0.717) is 18.7 Å². The average molecular weight is 234 g/mol. The second-order valence-electron chi connectivity index (χ2n) is 4.83. The van der Waals surface area contributed by atoms with Gasteiger partial charge in [-0.3, -0.25) is 10.1 Å². The van der Waals surface area contributed by atoms with Gasteiger partial charge in [-0.15, -0.1) is 0 Å². The molecule has 0 spiro atoms. The van der Waals surface area contributed by atoms with E-state index in [4.69, 9.17) is 0 Å². The lowest BCUT2D eigenvalue weighted by molar-refractivity contribution is -0.0421. The van der Waals surface area contributed by atoms with Gasteiger partial charge in [-0.25, -0.2) is 0 Å². The number of aliphatic hydroxyl groups excluding tert-OH is 1.